The van der Waals surface area contributed by atoms with Crippen molar-refractivity contribution in [1.82, 2.24) is 0 Å². The van der Waals surface area contributed by atoms with Crippen LogP contribution in [-0.4, -0.2) is 0 Å². The molecule has 74 heavy (non-hydrogen) atoms. The van der Waals surface area contributed by atoms with E-state index in [-0.39, 0.29) is 21.7 Å². The number of hydrogen-bond acceptors (Lipinski definition) is 0. The molecule has 358 valence electrons. The van der Waals surface area contributed by atoms with Crippen molar-refractivity contribution in [3.05, 3.63) is 250 Å². The molecule has 0 heteroatoms. The minimum atomic E-state index is -0.155. The van der Waals surface area contributed by atoms with E-state index >= 15 is 0 Å². The van der Waals surface area contributed by atoms with Crippen molar-refractivity contribution in [2.75, 3.05) is 0 Å². The van der Waals surface area contributed by atoms with Crippen LogP contribution in [0.15, 0.2) is 194 Å². The van der Waals surface area contributed by atoms with Crippen LogP contribution in [0.2, 0.25) is 0 Å². The van der Waals surface area contributed by atoms with E-state index in [0.717, 1.165) is 0 Å². The summed E-state index contributed by atoms with van der Waals surface area (Å²) in [6.07, 6.45) is 0. The zero-order valence-corrected chi connectivity index (χ0v) is 44.5. The van der Waals surface area contributed by atoms with E-state index in [0.29, 0.717) is 0 Å². The standard InChI is InChI=1S/C74H62/c1-43-15-11-13-17-53(43)51-25-33-61-59-31-23-49(39-67(59)73(7,8)69(61)41-51)47-21-29-57-55-27-19-45(35-63(55)71(3,4)65(57)37-47)46-20-28-56-58-30-22-48(38-66(58)72(5,6)64(56)36-46)50-24-32-60-62-34-26-52(54-18-14-12-16-44(54)2)42-70(62)74(9,10)68(60)40-50/h11-42H,1-10H3. The molecule has 0 amide bonds. The molecule has 0 spiro atoms. The van der Waals surface area contributed by atoms with Crippen LogP contribution < -0.4 is 0 Å². The van der Waals surface area contributed by atoms with Gasteiger partial charge in [-0.1, -0.05) is 201 Å². The van der Waals surface area contributed by atoms with E-state index in [1.165, 1.54) is 156 Å². The topological polar surface area (TPSA) is 0 Å². The minimum Gasteiger partial charge on any atom is -0.0620 e. The average molecular weight is 951 g/mol. The number of fused-ring (bicyclic) bond motifs is 12. The van der Waals surface area contributed by atoms with Gasteiger partial charge in [0.15, 0.2) is 0 Å². The summed E-state index contributed by atoms with van der Waals surface area (Å²) in [5.41, 5.74) is 37.0. The summed E-state index contributed by atoms with van der Waals surface area (Å²) in [6.45, 7) is 23.7. The van der Waals surface area contributed by atoms with Gasteiger partial charge in [0.1, 0.15) is 0 Å². The van der Waals surface area contributed by atoms with Crippen LogP contribution in [-0.2, 0) is 21.7 Å². The Morgan fingerprint density at radius 2 is 0.365 bits per heavy atom. The van der Waals surface area contributed by atoms with Crippen molar-refractivity contribution in [1.29, 1.82) is 0 Å². The van der Waals surface area contributed by atoms with Crippen LogP contribution >= 0.6 is 0 Å². The number of aryl methyl sites for hydroxylation is 2. The van der Waals surface area contributed by atoms with Crippen LogP contribution in [0.25, 0.3) is 100 Å². The summed E-state index contributed by atoms with van der Waals surface area (Å²) in [5.74, 6) is 0. The van der Waals surface area contributed by atoms with Crippen molar-refractivity contribution in [2.45, 2.75) is 90.9 Å². The SMILES string of the molecule is Cc1ccccc1-c1ccc2c(c1)C(C)(C)c1cc(-c3ccc4c(c3)C(C)(C)c3cc(-c5ccc6c(c5)C(C)(C)c5cc(-c7ccc8c(c7)C(C)(C)c7cc(-c9ccccc9C)ccc7-8)ccc5-6)ccc3-4)ccc1-2. The Labute approximate surface area is 438 Å². The molecule has 0 saturated carbocycles. The lowest BCUT2D eigenvalue weighted by molar-refractivity contribution is 0.659. The molecule has 10 aromatic rings. The third-order valence-corrected chi connectivity index (χ3v) is 18.6. The zero-order chi connectivity index (χ0) is 50.8. The molecular weight excluding hydrogens is 889 g/mol. The van der Waals surface area contributed by atoms with Gasteiger partial charge in [-0.15, -0.1) is 0 Å². The zero-order valence-electron chi connectivity index (χ0n) is 44.5. The molecule has 10 aromatic carbocycles. The molecule has 4 aliphatic carbocycles. The van der Waals surface area contributed by atoms with Gasteiger partial charge >= 0.3 is 0 Å². The van der Waals surface area contributed by atoms with E-state index < -0.39 is 0 Å². The number of rotatable bonds is 5. The van der Waals surface area contributed by atoms with Gasteiger partial charge in [-0.2, -0.15) is 0 Å². The van der Waals surface area contributed by atoms with E-state index in [4.69, 9.17) is 0 Å². The average Bonchev–Trinajstić information content (AvgIpc) is 3.97. The van der Waals surface area contributed by atoms with Gasteiger partial charge in [0.05, 0.1) is 0 Å². The van der Waals surface area contributed by atoms with Gasteiger partial charge in [-0.25, -0.2) is 0 Å². The third-order valence-electron chi connectivity index (χ3n) is 18.6. The second kappa shape index (κ2) is 15.4. The largest absolute Gasteiger partial charge is 0.0620 e. The van der Waals surface area contributed by atoms with Gasteiger partial charge in [-0.3, -0.25) is 0 Å². The Kier molecular flexibility index (Phi) is 9.32. The highest BCUT2D eigenvalue weighted by molar-refractivity contribution is 5.92. The summed E-state index contributed by atoms with van der Waals surface area (Å²) in [6, 6.07) is 74.9. The van der Waals surface area contributed by atoms with Gasteiger partial charge in [0.25, 0.3) is 0 Å². The molecule has 0 N–H and O–H groups in total. The molecule has 0 bridgehead atoms. The maximum atomic E-state index is 2.49. The molecule has 0 aromatic heterocycles. The number of benzene rings is 10. The Morgan fingerprint density at radius 3 is 0.568 bits per heavy atom. The van der Waals surface area contributed by atoms with E-state index in [1.807, 2.05) is 0 Å². The molecule has 0 radical (unpaired) electrons. The van der Waals surface area contributed by atoms with Crippen LogP contribution in [0.3, 0.4) is 0 Å². The summed E-state index contributed by atoms with van der Waals surface area (Å²) in [5, 5.41) is 0. The maximum Gasteiger partial charge on any atom is 0.0159 e. The lowest BCUT2D eigenvalue weighted by Gasteiger charge is -2.24. The van der Waals surface area contributed by atoms with Crippen molar-refractivity contribution < 1.29 is 0 Å². The predicted molar refractivity (Wildman–Crippen MR) is 313 cm³/mol. The molecule has 0 atom stereocenters. The normalized spacial score (nSPS) is 15.9. The Balaban J connectivity index is 0.743. The van der Waals surface area contributed by atoms with Crippen LogP contribution in [0.1, 0.15) is 111 Å². The fourth-order valence-corrected chi connectivity index (χ4v) is 14.2. The molecule has 4 aliphatic rings. The maximum absolute atomic E-state index is 2.49. The second-order valence-corrected chi connectivity index (χ2v) is 24.2. The summed E-state index contributed by atoms with van der Waals surface area (Å²) in [7, 11) is 0. The molecule has 0 aliphatic heterocycles. The van der Waals surface area contributed by atoms with Crippen LogP contribution in [0, 0.1) is 13.8 Å². The Morgan fingerprint density at radius 1 is 0.189 bits per heavy atom. The van der Waals surface area contributed by atoms with Crippen molar-refractivity contribution in [3.8, 4) is 100 Å². The first-order chi connectivity index (χ1) is 35.5. The van der Waals surface area contributed by atoms with Crippen LogP contribution in [0.5, 0.6) is 0 Å². The fourth-order valence-electron chi connectivity index (χ4n) is 14.2. The van der Waals surface area contributed by atoms with E-state index in [1.54, 1.807) is 0 Å². The van der Waals surface area contributed by atoms with Gasteiger partial charge in [0, 0.05) is 21.7 Å². The highest BCUT2D eigenvalue weighted by atomic mass is 14.4. The van der Waals surface area contributed by atoms with Gasteiger partial charge in [0.2, 0.25) is 0 Å². The Bertz CT molecular complexity index is 3820. The first-order valence-electron chi connectivity index (χ1n) is 26.8. The van der Waals surface area contributed by atoms with Crippen LogP contribution in [0.4, 0.5) is 0 Å². The third kappa shape index (κ3) is 6.27. The van der Waals surface area contributed by atoms with Gasteiger partial charge < -0.3 is 0 Å². The first kappa shape index (κ1) is 44.9. The second-order valence-electron chi connectivity index (χ2n) is 24.2. The monoisotopic (exact) mass is 950 g/mol. The lowest BCUT2D eigenvalue weighted by atomic mass is 9.79. The lowest BCUT2D eigenvalue weighted by Crippen LogP contribution is -2.16. The molecule has 0 nitrogen and oxygen atoms in total. The van der Waals surface area contributed by atoms with Crippen molar-refractivity contribution in [3.63, 3.8) is 0 Å². The molecule has 0 heterocycles. The quantitative estimate of drug-likeness (QED) is 0.161. The Hall–Kier alpha value is -7.80. The first-order valence-corrected chi connectivity index (χ1v) is 26.8. The summed E-state index contributed by atoms with van der Waals surface area (Å²) in [4.78, 5) is 0. The summed E-state index contributed by atoms with van der Waals surface area (Å²) < 4.78 is 0. The van der Waals surface area contributed by atoms with Crippen molar-refractivity contribution in [2.24, 2.45) is 0 Å². The summed E-state index contributed by atoms with van der Waals surface area (Å²) >= 11 is 0. The number of hydrogen-bond donors (Lipinski definition) is 0. The smallest absolute Gasteiger partial charge is 0.0159 e. The highest BCUT2D eigenvalue weighted by Crippen LogP contribution is 2.56. The molecule has 0 fully saturated rings. The highest BCUT2D eigenvalue weighted by Gasteiger charge is 2.40. The molecule has 0 saturated heterocycles. The fraction of sp³-hybridized carbons (Fsp3) is 0.189. The van der Waals surface area contributed by atoms with Gasteiger partial charge in [-0.05, 0) is 218 Å². The molecule has 0 unspecified atom stereocenters. The minimum absolute atomic E-state index is 0.108. The molecule has 14 rings (SSSR count). The van der Waals surface area contributed by atoms with E-state index in [2.05, 4.69) is 263 Å². The van der Waals surface area contributed by atoms with E-state index in [9.17, 15) is 0 Å². The predicted octanol–water partition coefficient (Wildman–Crippen LogP) is 19.9. The molecular formula is C74H62. The van der Waals surface area contributed by atoms with Crippen molar-refractivity contribution >= 4 is 0 Å².